The third kappa shape index (κ3) is 8.86. The summed E-state index contributed by atoms with van der Waals surface area (Å²) in [4.78, 5) is 7.65. The van der Waals surface area contributed by atoms with Gasteiger partial charge < -0.3 is 14.7 Å². The highest BCUT2D eigenvalue weighted by Crippen LogP contribution is 2.50. The van der Waals surface area contributed by atoms with Gasteiger partial charge in [-0.05, 0) is 144 Å². The lowest BCUT2D eigenvalue weighted by atomic mass is 9.33. The van der Waals surface area contributed by atoms with E-state index in [0.717, 1.165) is 28.4 Å². The van der Waals surface area contributed by atoms with E-state index in [1.165, 1.54) is 78.1 Å². The lowest BCUT2D eigenvalue weighted by molar-refractivity contribution is 0.590. The molecule has 2 aliphatic heterocycles. The van der Waals surface area contributed by atoms with Gasteiger partial charge in [0.2, 0.25) is 0 Å². The first kappa shape index (κ1) is 48.8. The monoisotopic (exact) mass is 944 g/mol. The van der Waals surface area contributed by atoms with E-state index in [0.29, 0.717) is 0 Å². The summed E-state index contributed by atoms with van der Waals surface area (Å²) in [5.74, 6) is 0. The van der Waals surface area contributed by atoms with Gasteiger partial charge in [0.25, 0.3) is 6.71 Å². The average molecular weight is 944 g/mol. The molecular weight excluding hydrogens is 870 g/mol. The second kappa shape index (κ2) is 17.5. The predicted molar refractivity (Wildman–Crippen MR) is 314 cm³/mol. The summed E-state index contributed by atoms with van der Waals surface area (Å²) in [6, 6.07) is 67.6. The molecule has 0 fully saturated rings. The molecule has 0 atom stereocenters. The normalized spacial score (nSPS) is 13.7. The largest absolute Gasteiger partial charge is 0.311 e. The first-order valence-corrected chi connectivity index (χ1v) is 26.2. The van der Waals surface area contributed by atoms with E-state index < -0.39 is 0 Å². The van der Waals surface area contributed by atoms with Crippen LogP contribution in [0.2, 0.25) is 0 Å². The van der Waals surface area contributed by atoms with Gasteiger partial charge in [-0.3, -0.25) is 0 Å². The van der Waals surface area contributed by atoms with Crippen LogP contribution in [0.15, 0.2) is 176 Å². The van der Waals surface area contributed by atoms with Crippen molar-refractivity contribution < 1.29 is 0 Å². The lowest BCUT2D eigenvalue weighted by Gasteiger charge is -2.45. The van der Waals surface area contributed by atoms with E-state index in [9.17, 15) is 0 Å². The highest BCUT2D eigenvalue weighted by atomic mass is 15.2. The van der Waals surface area contributed by atoms with Gasteiger partial charge >= 0.3 is 0 Å². The summed E-state index contributed by atoms with van der Waals surface area (Å²) < 4.78 is 0. The van der Waals surface area contributed by atoms with Crippen LogP contribution in [0.4, 0.5) is 51.2 Å². The molecule has 0 saturated carbocycles. The van der Waals surface area contributed by atoms with Gasteiger partial charge in [-0.15, -0.1) is 0 Å². The number of benzene rings is 8. The smallest absolute Gasteiger partial charge is 0.252 e. The summed E-state index contributed by atoms with van der Waals surface area (Å²) in [6.45, 7) is 34.7. The summed E-state index contributed by atoms with van der Waals surface area (Å²) in [5.41, 5.74) is 23.3. The third-order valence-electron chi connectivity index (χ3n) is 15.2. The summed E-state index contributed by atoms with van der Waals surface area (Å²) in [5, 5.41) is 0. The first-order chi connectivity index (χ1) is 33.9. The highest BCUT2D eigenvalue weighted by Gasteiger charge is 2.45. The van der Waals surface area contributed by atoms with Gasteiger partial charge in [0.1, 0.15) is 0 Å². The molecule has 0 unspecified atom stereocenters. The zero-order valence-corrected chi connectivity index (χ0v) is 45.7. The lowest BCUT2D eigenvalue weighted by Crippen LogP contribution is -2.61. The fourth-order valence-electron chi connectivity index (χ4n) is 10.9. The summed E-state index contributed by atoms with van der Waals surface area (Å²) >= 11 is 0. The first-order valence-electron chi connectivity index (χ1n) is 26.2. The molecule has 0 radical (unpaired) electrons. The van der Waals surface area contributed by atoms with Crippen LogP contribution in [-0.2, 0) is 27.1 Å². The van der Waals surface area contributed by atoms with Crippen molar-refractivity contribution in [1.29, 1.82) is 0 Å². The van der Waals surface area contributed by atoms with Crippen molar-refractivity contribution in [2.45, 2.75) is 131 Å². The maximum absolute atomic E-state index is 2.58. The summed E-state index contributed by atoms with van der Waals surface area (Å²) in [6.07, 6.45) is 0. The molecule has 72 heavy (non-hydrogen) atoms. The van der Waals surface area contributed by atoms with Gasteiger partial charge in [-0.2, -0.15) is 0 Å². The molecule has 10 rings (SSSR count). The second-order valence-corrected chi connectivity index (χ2v) is 25.7. The second-order valence-electron chi connectivity index (χ2n) is 25.7. The molecule has 0 spiro atoms. The SMILES string of the molecule is CC(C)(C)c1ccc(-c2ccccc2N(c2ccccc2)c2cc3c4c(c2)N(c2ccc(C(C)(C)C)cc2)c2ccc(C(C)(C)C)cc2B4c2cc(C(C)(C)C)ccc2N3c2ccc(C(C)(C)C)cc2)cc1. The maximum Gasteiger partial charge on any atom is 0.252 e. The molecular formula is C68H74BN3. The molecule has 2 heterocycles. The molecule has 364 valence electrons. The number of anilines is 9. The predicted octanol–water partition coefficient (Wildman–Crippen LogP) is 17.4. The zero-order valence-electron chi connectivity index (χ0n) is 45.7. The van der Waals surface area contributed by atoms with Gasteiger partial charge in [0.05, 0.1) is 11.4 Å². The van der Waals surface area contributed by atoms with Gasteiger partial charge in [0.15, 0.2) is 0 Å². The van der Waals surface area contributed by atoms with Crippen molar-refractivity contribution in [3.05, 3.63) is 204 Å². The van der Waals surface area contributed by atoms with E-state index in [2.05, 4.69) is 294 Å². The molecule has 0 saturated heterocycles. The fraction of sp³-hybridized carbons (Fsp3) is 0.294. The van der Waals surface area contributed by atoms with Crippen molar-refractivity contribution >= 4 is 74.3 Å². The topological polar surface area (TPSA) is 9.72 Å². The number of fused-ring (bicyclic) bond motifs is 4. The fourth-order valence-corrected chi connectivity index (χ4v) is 10.9. The Hall–Kier alpha value is -6.78. The van der Waals surface area contributed by atoms with Crippen molar-refractivity contribution in [3.63, 3.8) is 0 Å². The Morgan fingerprint density at radius 3 is 1.12 bits per heavy atom. The number of hydrogen-bond donors (Lipinski definition) is 0. The molecule has 4 heteroatoms. The molecule has 0 bridgehead atoms. The standard InChI is InChI=1S/C68H74BN3/c1-64(2,3)46-27-25-45(26-28-46)55-23-19-20-24-58(55)70(51-21-17-16-18-22-51)54-43-61-63-62(44-54)72(53-37-31-48(32-38-53)66(7,8)9)60-40-34-50(68(13,14)15)42-57(60)69(63)56-41-49(67(10,11)12)33-39-59(56)71(61)52-35-29-47(30-36-52)65(4,5)6/h16-44H,1-15H3. The number of rotatable bonds is 6. The zero-order chi connectivity index (χ0) is 51.3. The van der Waals surface area contributed by atoms with Crippen molar-refractivity contribution in [1.82, 2.24) is 0 Å². The molecule has 0 N–H and O–H groups in total. The quantitative estimate of drug-likeness (QED) is 0.154. The Balaban J connectivity index is 1.33. The Bertz CT molecular complexity index is 3150. The minimum Gasteiger partial charge on any atom is -0.311 e. The summed E-state index contributed by atoms with van der Waals surface area (Å²) in [7, 11) is 0. The van der Waals surface area contributed by atoms with Crippen molar-refractivity contribution in [2.75, 3.05) is 14.7 Å². The van der Waals surface area contributed by atoms with Crippen molar-refractivity contribution in [3.8, 4) is 11.1 Å². The van der Waals surface area contributed by atoms with E-state index in [1.807, 2.05) is 0 Å². The van der Waals surface area contributed by atoms with Crippen LogP contribution in [0.25, 0.3) is 11.1 Å². The van der Waals surface area contributed by atoms with Gasteiger partial charge in [0, 0.05) is 45.4 Å². The van der Waals surface area contributed by atoms with E-state index >= 15 is 0 Å². The Morgan fingerprint density at radius 1 is 0.333 bits per heavy atom. The molecule has 2 aliphatic rings. The number of nitrogens with zero attached hydrogens (tertiary/aromatic N) is 3. The Labute approximate surface area is 432 Å². The van der Waals surface area contributed by atoms with Crippen LogP contribution < -0.4 is 31.1 Å². The van der Waals surface area contributed by atoms with Crippen LogP contribution in [0.5, 0.6) is 0 Å². The number of para-hydroxylation sites is 2. The maximum atomic E-state index is 2.58. The van der Waals surface area contributed by atoms with Crippen LogP contribution in [0.1, 0.15) is 132 Å². The molecule has 0 aromatic heterocycles. The Morgan fingerprint density at radius 2 is 0.708 bits per heavy atom. The minimum atomic E-state index is -0.0522. The van der Waals surface area contributed by atoms with Crippen LogP contribution in [0, 0.1) is 0 Å². The molecule has 0 amide bonds. The van der Waals surface area contributed by atoms with E-state index in [-0.39, 0.29) is 33.8 Å². The third-order valence-corrected chi connectivity index (χ3v) is 15.2. The molecule has 8 aromatic rings. The highest BCUT2D eigenvalue weighted by molar-refractivity contribution is 7.00. The van der Waals surface area contributed by atoms with E-state index in [4.69, 9.17) is 0 Å². The molecule has 0 aliphatic carbocycles. The van der Waals surface area contributed by atoms with Crippen LogP contribution in [0.3, 0.4) is 0 Å². The van der Waals surface area contributed by atoms with E-state index in [1.54, 1.807) is 0 Å². The molecule has 3 nitrogen and oxygen atoms in total. The number of hydrogen-bond acceptors (Lipinski definition) is 3. The van der Waals surface area contributed by atoms with Crippen LogP contribution >= 0.6 is 0 Å². The van der Waals surface area contributed by atoms with Crippen LogP contribution in [-0.4, -0.2) is 6.71 Å². The minimum absolute atomic E-state index is 0.0122. The Kier molecular flexibility index (Phi) is 11.8. The van der Waals surface area contributed by atoms with Gasteiger partial charge in [-0.1, -0.05) is 213 Å². The van der Waals surface area contributed by atoms with Crippen molar-refractivity contribution in [2.24, 2.45) is 0 Å². The van der Waals surface area contributed by atoms with Gasteiger partial charge in [-0.25, -0.2) is 0 Å². The molecule has 8 aromatic carbocycles. The average Bonchev–Trinajstić information content (AvgIpc) is 3.33.